The molecule has 0 aliphatic heterocycles. The average molecular weight is 333 g/mol. The third-order valence-electron chi connectivity index (χ3n) is 3.07. The van der Waals surface area contributed by atoms with Crippen molar-refractivity contribution >= 4 is 16.0 Å². The zero-order chi connectivity index (χ0) is 16.7. The number of guanidine groups is 1. The minimum absolute atomic E-state index is 0.0910. The van der Waals surface area contributed by atoms with Gasteiger partial charge in [0.1, 0.15) is 0 Å². The molecule has 0 aliphatic rings. The molecule has 0 radical (unpaired) electrons. The van der Waals surface area contributed by atoms with Gasteiger partial charge in [0.15, 0.2) is 5.96 Å². The topological polar surface area (TPSA) is 109 Å². The van der Waals surface area contributed by atoms with Crippen LogP contribution in [-0.4, -0.2) is 26.4 Å². The minimum atomic E-state index is -3.70. The van der Waals surface area contributed by atoms with E-state index in [1.807, 2.05) is 24.3 Å². The van der Waals surface area contributed by atoms with Gasteiger partial charge in [-0.3, -0.25) is 9.98 Å². The third kappa shape index (κ3) is 5.35. The number of nitrogens with one attached hydrogen (secondary N) is 2. The monoisotopic (exact) mass is 333 g/mol. The van der Waals surface area contributed by atoms with Gasteiger partial charge in [-0.2, -0.15) is 0 Å². The van der Waals surface area contributed by atoms with Crippen molar-refractivity contribution in [3.05, 3.63) is 59.9 Å². The summed E-state index contributed by atoms with van der Waals surface area (Å²) >= 11 is 0. The average Bonchev–Trinajstić information content (AvgIpc) is 2.55. The van der Waals surface area contributed by atoms with E-state index in [0.717, 1.165) is 11.3 Å². The highest BCUT2D eigenvalue weighted by molar-refractivity contribution is 7.89. The van der Waals surface area contributed by atoms with Crippen LogP contribution < -0.4 is 15.8 Å². The summed E-state index contributed by atoms with van der Waals surface area (Å²) in [5.74, 6) is 0.594. The van der Waals surface area contributed by atoms with E-state index in [-0.39, 0.29) is 4.90 Å². The fraction of sp³-hybridized carbons (Fsp3) is 0.200. The van der Waals surface area contributed by atoms with E-state index in [0.29, 0.717) is 19.0 Å². The van der Waals surface area contributed by atoms with Gasteiger partial charge in [0, 0.05) is 19.8 Å². The maximum Gasteiger partial charge on any atom is 0.238 e. The quantitative estimate of drug-likeness (QED) is 0.548. The van der Waals surface area contributed by atoms with E-state index >= 15 is 0 Å². The summed E-state index contributed by atoms with van der Waals surface area (Å²) in [5, 5.41) is 11.4. The third-order valence-corrected chi connectivity index (χ3v) is 3.98. The number of nitrogens with two attached hydrogens (primary N) is 1. The number of pyridine rings is 1. The van der Waals surface area contributed by atoms with E-state index in [1.165, 1.54) is 12.1 Å². The van der Waals surface area contributed by atoms with Gasteiger partial charge in [-0.05, 0) is 29.8 Å². The second-order valence-corrected chi connectivity index (χ2v) is 6.35. The zero-order valence-electron chi connectivity index (χ0n) is 12.7. The number of primary sulfonamides is 1. The van der Waals surface area contributed by atoms with E-state index < -0.39 is 10.0 Å². The zero-order valence-corrected chi connectivity index (χ0v) is 13.5. The second-order valence-electron chi connectivity index (χ2n) is 4.79. The molecule has 1 aromatic carbocycles. The Balaban J connectivity index is 1.93. The Labute approximate surface area is 135 Å². The molecule has 0 unspecified atom stereocenters. The lowest BCUT2D eigenvalue weighted by molar-refractivity contribution is 0.597. The van der Waals surface area contributed by atoms with Crippen LogP contribution in [0, 0.1) is 0 Å². The van der Waals surface area contributed by atoms with Crippen LogP contribution >= 0.6 is 0 Å². The molecule has 8 heteroatoms. The molecule has 0 bridgehead atoms. The molecule has 0 fully saturated rings. The normalized spacial score (nSPS) is 12.0. The number of rotatable bonds is 5. The SMILES string of the molecule is CN=C(NCc1cccc(S(N)(=O)=O)c1)NCc1ccccn1. The summed E-state index contributed by atoms with van der Waals surface area (Å²) in [6.07, 6.45) is 1.73. The number of sulfonamides is 1. The minimum Gasteiger partial charge on any atom is -0.352 e. The molecule has 7 nitrogen and oxygen atoms in total. The summed E-state index contributed by atoms with van der Waals surface area (Å²) in [5.41, 5.74) is 1.68. The van der Waals surface area contributed by atoms with Crippen LogP contribution in [0.1, 0.15) is 11.3 Å². The van der Waals surface area contributed by atoms with Gasteiger partial charge in [-0.15, -0.1) is 0 Å². The molecule has 23 heavy (non-hydrogen) atoms. The Kier molecular flexibility index (Phi) is 5.67. The Hall–Kier alpha value is -2.45. The van der Waals surface area contributed by atoms with Crippen molar-refractivity contribution in [2.75, 3.05) is 7.05 Å². The van der Waals surface area contributed by atoms with Crippen LogP contribution in [0.5, 0.6) is 0 Å². The predicted molar refractivity (Wildman–Crippen MR) is 89.1 cm³/mol. The Morgan fingerprint density at radius 2 is 1.96 bits per heavy atom. The van der Waals surface area contributed by atoms with E-state index in [4.69, 9.17) is 5.14 Å². The highest BCUT2D eigenvalue weighted by atomic mass is 32.2. The molecular formula is C15H19N5O2S. The van der Waals surface area contributed by atoms with Crippen LogP contribution in [0.2, 0.25) is 0 Å². The summed E-state index contributed by atoms with van der Waals surface area (Å²) in [4.78, 5) is 8.42. The summed E-state index contributed by atoms with van der Waals surface area (Å²) < 4.78 is 22.7. The largest absolute Gasteiger partial charge is 0.352 e. The van der Waals surface area contributed by atoms with Crippen molar-refractivity contribution in [3.8, 4) is 0 Å². The lowest BCUT2D eigenvalue weighted by atomic mass is 10.2. The lowest BCUT2D eigenvalue weighted by Crippen LogP contribution is -2.36. The van der Waals surface area contributed by atoms with E-state index in [9.17, 15) is 8.42 Å². The van der Waals surface area contributed by atoms with Crippen molar-refractivity contribution in [2.45, 2.75) is 18.0 Å². The van der Waals surface area contributed by atoms with Crippen LogP contribution in [-0.2, 0) is 23.1 Å². The summed E-state index contributed by atoms with van der Waals surface area (Å²) in [7, 11) is -2.04. The molecule has 1 aromatic heterocycles. The van der Waals surface area contributed by atoms with E-state index in [1.54, 1.807) is 19.3 Å². The van der Waals surface area contributed by atoms with Crippen LogP contribution in [0.4, 0.5) is 0 Å². The van der Waals surface area contributed by atoms with Crippen molar-refractivity contribution in [2.24, 2.45) is 10.1 Å². The molecular weight excluding hydrogens is 314 g/mol. The highest BCUT2D eigenvalue weighted by Crippen LogP contribution is 2.09. The van der Waals surface area contributed by atoms with Gasteiger partial charge >= 0.3 is 0 Å². The molecule has 0 aliphatic carbocycles. The molecule has 122 valence electrons. The molecule has 2 aromatic rings. The number of hydrogen-bond acceptors (Lipinski definition) is 4. The summed E-state index contributed by atoms with van der Waals surface area (Å²) in [6, 6.07) is 12.2. The number of aromatic nitrogens is 1. The van der Waals surface area contributed by atoms with Crippen molar-refractivity contribution < 1.29 is 8.42 Å². The maximum absolute atomic E-state index is 11.4. The smallest absolute Gasteiger partial charge is 0.238 e. The molecule has 0 amide bonds. The fourth-order valence-corrected chi connectivity index (χ4v) is 2.50. The standard InChI is InChI=1S/C15H19N5O2S/c1-17-15(20-11-13-6-2-3-8-18-13)19-10-12-5-4-7-14(9-12)23(16,21)22/h2-9H,10-11H2,1H3,(H2,16,21,22)(H2,17,19,20). The second kappa shape index (κ2) is 7.70. The summed E-state index contributed by atoms with van der Waals surface area (Å²) in [6.45, 7) is 0.961. The van der Waals surface area contributed by atoms with Crippen LogP contribution in [0.3, 0.4) is 0 Å². The van der Waals surface area contributed by atoms with Gasteiger partial charge in [0.05, 0.1) is 17.1 Å². The Morgan fingerprint density at radius 3 is 2.61 bits per heavy atom. The lowest BCUT2D eigenvalue weighted by Gasteiger charge is -2.12. The van der Waals surface area contributed by atoms with Gasteiger partial charge < -0.3 is 10.6 Å². The number of aliphatic imine (C=N–C) groups is 1. The maximum atomic E-state index is 11.4. The number of hydrogen-bond donors (Lipinski definition) is 3. The molecule has 4 N–H and O–H groups in total. The van der Waals surface area contributed by atoms with Crippen LogP contribution in [0.15, 0.2) is 58.5 Å². The molecule has 0 atom stereocenters. The van der Waals surface area contributed by atoms with Gasteiger partial charge in [-0.25, -0.2) is 13.6 Å². The first-order valence-corrected chi connectivity index (χ1v) is 8.50. The molecule has 1 heterocycles. The van der Waals surface area contributed by atoms with Gasteiger partial charge in [0.25, 0.3) is 0 Å². The highest BCUT2D eigenvalue weighted by Gasteiger charge is 2.08. The van der Waals surface area contributed by atoms with Crippen molar-refractivity contribution in [3.63, 3.8) is 0 Å². The number of nitrogens with zero attached hydrogens (tertiary/aromatic N) is 2. The molecule has 0 spiro atoms. The molecule has 2 rings (SSSR count). The fourth-order valence-electron chi connectivity index (χ4n) is 1.92. The van der Waals surface area contributed by atoms with E-state index in [2.05, 4.69) is 20.6 Å². The number of benzene rings is 1. The Morgan fingerprint density at radius 1 is 1.17 bits per heavy atom. The van der Waals surface area contributed by atoms with Crippen LogP contribution in [0.25, 0.3) is 0 Å². The van der Waals surface area contributed by atoms with Gasteiger partial charge in [0.2, 0.25) is 10.0 Å². The first-order valence-electron chi connectivity index (χ1n) is 6.95. The molecule has 0 saturated heterocycles. The predicted octanol–water partition coefficient (Wildman–Crippen LogP) is 0.594. The first-order chi connectivity index (χ1) is 11.0. The molecule has 0 saturated carbocycles. The first kappa shape index (κ1) is 16.9. The van der Waals surface area contributed by atoms with Gasteiger partial charge in [-0.1, -0.05) is 18.2 Å². The van der Waals surface area contributed by atoms with Crippen molar-refractivity contribution in [1.29, 1.82) is 0 Å². The Bertz CT molecular complexity index is 775. The van der Waals surface area contributed by atoms with Crippen molar-refractivity contribution in [1.82, 2.24) is 15.6 Å².